The van der Waals surface area contributed by atoms with Crippen LogP contribution in [-0.2, 0) is 11.2 Å². The highest BCUT2D eigenvalue weighted by atomic mass is 16.6. The minimum atomic E-state index is -0.489. The molecule has 0 radical (unpaired) electrons. The number of hydrogen-bond donors (Lipinski definition) is 1. The van der Waals surface area contributed by atoms with Crippen LogP contribution in [0.15, 0.2) is 48.5 Å². The molecule has 2 aromatic rings. The van der Waals surface area contributed by atoms with Gasteiger partial charge in [-0.3, -0.25) is 14.9 Å². The molecule has 0 aliphatic heterocycles. The Morgan fingerprint density at radius 1 is 1.21 bits per heavy atom. The van der Waals surface area contributed by atoms with Gasteiger partial charge >= 0.3 is 5.69 Å². The third kappa shape index (κ3) is 6.42. The number of amides is 1. The number of nitrogens with zero attached hydrogens (tertiary/aromatic N) is 1. The molecule has 148 valence electrons. The maximum atomic E-state index is 12.0. The molecule has 28 heavy (non-hydrogen) atoms. The van der Waals surface area contributed by atoms with Gasteiger partial charge < -0.3 is 14.8 Å². The molecule has 0 atom stereocenters. The van der Waals surface area contributed by atoms with E-state index < -0.39 is 4.92 Å². The van der Waals surface area contributed by atoms with Crippen molar-refractivity contribution >= 4 is 17.7 Å². The van der Waals surface area contributed by atoms with Crippen LogP contribution in [0.2, 0.25) is 0 Å². The number of rotatable bonds is 10. The highest BCUT2D eigenvalue weighted by Crippen LogP contribution is 2.28. The highest BCUT2D eigenvalue weighted by molar-refractivity contribution is 5.91. The van der Waals surface area contributed by atoms with E-state index in [-0.39, 0.29) is 17.3 Å². The van der Waals surface area contributed by atoms with E-state index in [1.54, 1.807) is 25.3 Å². The second-order valence-corrected chi connectivity index (χ2v) is 6.06. The number of methoxy groups -OCH3 is 1. The van der Waals surface area contributed by atoms with Gasteiger partial charge in [0, 0.05) is 18.7 Å². The van der Waals surface area contributed by atoms with E-state index in [2.05, 4.69) is 5.32 Å². The van der Waals surface area contributed by atoms with Crippen molar-refractivity contribution < 1.29 is 19.2 Å². The van der Waals surface area contributed by atoms with Crippen LogP contribution in [0.3, 0.4) is 0 Å². The van der Waals surface area contributed by atoms with Gasteiger partial charge in [0.15, 0.2) is 5.75 Å². The fourth-order valence-electron chi connectivity index (χ4n) is 2.47. The Labute approximate surface area is 164 Å². The van der Waals surface area contributed by atoms with Crippen LogP contribution in [0, 0.1) is 10.1 Å². The lowest BCUT2D eigenvalue weighted by Crippen LogP contribution is -2.23. The Kier molecular flexibility index (Phi) is 8.02. The lowest BCUT2D eigenvalue weighted by molar-refractivity contribution is -0.385. The van der Waals surface area contributed by atoms with Gasteiger partial charge in [-0.2, -0.15) is 0 Å². The number of hydrogen-bond acceptors (Lipinski definition) is 5. The quantitative estimate of drug-likeness (QED) is 0.383. The third-order valence-electron chi connectivity index (χ3n) is 3.94. The smallest absolute Gasteiger partial charge is 0.311 e. The summed E-state index contributed by atoms with van der Waals surface area (Å²) in [4.78, 5) is 22.7. The predicted octanol–water partition coefficient (Wildman–Crippen LogP) is 3.76. The largest absolute Gasteiger partial charge is 0.497 e. The second kappa shape index (κ2) is 10.7. The first kappa shape index (κ1) is 21.0. The standard InChI is InChI=1S/C21H24N2O5/c1-3-14-28-20-10-6-17(15-19(20)23(25)26)7-11-21(24)22-13-12-16-4-8-18(27-2)9-5-16/h4-11,15H,3,12-14H2,1-2H3,(H,22,24)/b11-7+. The summed E-state index contributed by atoms with van der Waals surface area (Å²) in [5.74, 6) is 0.756. The zero-order valence-corrected chi connectivity index (χ0v) is 16.0. The summed E-state index contributed by atoms with van der Waals surface area (Å²) >= 11 is 0. The number of benzene rings is 2. The van der Waals surface area contributed by atoms with E-state index in [1.807, 2.05) is 31.2 Å². The molecule has 0 saturated heterocycles. The van der Waals surface area contributed by atoms with Gasteiger partial charge in [-0.25, -0.2) is 0 Å². The van der Waals surface area contributed by atoms with E-state index in [0.29, 0.717) is 25.1 Å². The summed E-state index contributed by atoms with van der Waals surface area (Å²) in [7, 11) is 1.61. The second-order valence-electron chi connectivity index (χ2n) is 6.06. The number of nitro benzene ring substituents is 1. The van der Waals surface area contributed by atoms with E-state index in [0.717, 1.165) is 17.7 Å². The molecule has 0 aliphatic rings. The molecule has 1 amide bonds. The molecule has 0 aromatic heterocycles. The molecule has 7 heteroatoms. The molecule has 0 fully saturated rings. The fraction of sp³-hybridized carbons (Fsp3) is 0.286. The number of nitrogens with one attached hydrogen (secondary N) is 1. The van der Waals surface area contributed by atoms with E-state index in [4.69, 9.17) is 9.47 Å². The van der Waals surface area contributed by atoms with Crippen molar-refractivity contribution in [2.75, 3.05) is 20.3 Å². The molecular weight excluding hydrogens is 360 g/mol. The van der Waals surface area contributed by atoms with E-state index in [1.165, 1.54) is 12.1 Å². The van der Waals surface area contributed by atoms with Gasteiger partial charge in [-0.15, -0.1) is 0 Å². The number of nitro groups is 1. The Bertz CT molecular complexity index is 831. The van der Waals surface area contributed by atoms with Gasteiger partial charge in [0.2, 0.25) is 5.91 Å². The van der Waals surface area contributed by atoms with Gasteiger partial charge in [-0.1, -0.05) is 25.1 Å². The first-order valence-corrected chi connectivity index (χ1v) is 9.03. The van der Waals surface area contributed by atoms with Crippen LogP contribution in [0.4, 0.5) is 5.69 Å². The van der Waals surface area contributed by atoms with E-state index in [9.17, 15) is 14.9 Å². The van der Waals surface area contributed by atoms with Crippen molar-refractivity contribution in [2.45, 2.75) is 19.8 Å². The van der Waals surface area contributed by atoms with Crippen molar-refractivity contribution in [1.82, 2.24) is 5.32 Å². The molecule has 0 aliphatic carbocycles. The number of carbonyl (C=O) groups excluding carboxylic acids is 1. The van der Waals surface area contributed by atoms with Gasteiger partial charge in [0.25, 0.3) is 0 Å². The molecule has 2 aromatic carbocycles. The molecule has 0 heterocycles. The van der Waals surface area contributed by atoms with Crippen LogP contribution < -0.4 is 14.8 Å². The molecule has 0 unspecified atom stereocenters. The molecule has 2 rings (SSSR count). The number of ether oxygens (including phenoxy) is 2. The molecule has 7 nitrogen and oxygen atoms in total. The SMILES string of the molecule is CCCOc1ccc(/C=C/C(=O)NCCc2ccc(OC)cc2)cc1[N+](=O)[O-]. The van der Waals surface area contributed by atoms with Crippen molar-refractivity contribution in [2.24, 2.45) is 0 Å². The summed E-state index contributed by atoms with van der Waals surface area (Å²) in [5.41, 5.74) is 1.53. The lowest BCUT2D eigenvalue weighted by Gasteiger charge is -2.06. The van der Waals surface area contributed by atoms with Crippen LogP contribution >= 0.6 is 0 Å². The Balaban J connectivity index is 1.90. The van der Waals surface area contributed by atoms with Crippen molar-refractivity contribution in [3.8, 4) is 11.5 Å². The minimum Gasteiger partial charge on any atom is -0.497 e. The predicted molar refractivity (Wildman–Crippen MR) is 108 cm³/mol. The molecular formula is C21H24N2O5. The molecule has 1 N–H and O–H groups in total. The average Bonchev–Trinajstić information content (AvgIpc) is 2.71. The summed E-state index contributed by atoms with van der Waals surface area (Å²) in [6, 6.07) is 12.3. The third-order valence-corrected chi connectivity index (χ3v) is 3.94. The van der Waals surface area contributed by atoms with Gasteiger partial charge in [-0.05, 0) is 48.2 Å². The first-order chi connectivity index (χ1) is 13.5. The zero-order chi connectivity index (χ0) is 20.4. The van der Waals surface area contributed by atoms with E-state index >= 15 is 0 Å². The van der Waals surface area contributed by atoms with Gasteiger partial charge in [0.05, 0.1) is 18.6 Å². The van der Waals surface area contributed by atoms with Crippen LogP contribution in [0.5, 0.6) is 11.5 Å². The van der Waals surface area contributed by atoms with Crippen molar-refractivity contribution in [3.63, 3.8) is 0 Å². The summed E-state index contributed by atoms with van der Waals surface area (Å²) in [6.07, 6.45) is 4.35. The maximum Gasteiger partial charge on any atom is 0.311 e. The van der Waals surface area contributed by atoms with Crippen LogP contribution in [-0.4, -0.2) is 31.1 Å². The molecule has 0 bridgehead atoms. The average molecular weight is 384 g/mol. The van der Waals surface area contributed by atoms with Crippen LogP contribution in [0.1, 0.15) is 24.5 Å². The molecule has 0 saturated carbocycles. The lowest BCUT2D eigenvalue weighted by atomic mass is 10.1. The highest BCUT2D eigenvalue weighted by Gasteiger charge is 2.15. The van der Waals surface area contributed by atoms with Crippen LogP contribution in [0.25, 0.3) is 6.08 Å². The Morgan fingerprint density at radius 2 is 1.96 bits per heavy atom. The first-order valence-electron chi connectivity index (χ1n) is 9.03. The summed E-state index contributed by atoms with van der Waals surface area (Å²) in [6.45, 7) is 2.82. The zero-order valence-electron chi connectivity index (χ0n) is 16.0. The monoisotopic (exact) mass is 384 g/mol. The minimum absolute atomic E-state index is 0.115. The molecule has 0 spiro atoms. The van der Waals surface area contributed by atoms with Crippen molar-refractivity contribution in [3.05, 3.63) is 69.8 Å². The van der Waals surface area contributed by atoms with Crippen molar-refractivity contribution in [1.29, 1.82) is 0 Å². The Morgan fingerprint density at radius 3 is 2.61 bits per heavy atom. The number of carbonyl (C=O) groups is 1. The topological polar surface area (TPSA) is 90.7 Å². The summed E-state index contributed by atoms with van der Waals surface area (Å²) < 4.78 is 10.5. The Hall–Kier alpha value is -3.35. The normalized spacial score (nSPS) is 10.6. The maximum absolute atomic E-state index is 12.0. The van der Waals surface area contributed by atoms with Gasteiger partial charge in [0.1, 0.15) is 5.75 Å². The fourth-order valence-corrected chi connectivity index (χ4v) is 2.47. The summed E-state index contributed by atoms with van der Waals surface area (Å²) in [5, 5.41) is 14.0.